The Kier molecular flexibility index (Phi) is 6.24. The van der Waals surface area contributed by atoms with Crippen LogP contribution in [0.1, 0.15) is 32.3 Å². The van der Waals surface area contributed by atoms with Crippen molar-refractivity contribution in [3.63, 3.8) is 0 Å². The third-order valence-corrected chi connectivity index (χ3v) is 5.53. The average Bonchev–Trinajstić information content (AvgIpc) is 2.52. The molecule has 1 aromatic rings. The van der Waals surface area contributed by atoms with Crippen LogP contribution in [-0.4, -0.2) is 40.8 Å². The molecule has 6 nitrogen and oxygen atoms in total. The van der Waals surface area contributed by atoms with E-state index < -0.39 is 15.5 Å². The van der Waals surface area contributed by atoms with Gasteiger partial charge in [-0.05, 0) is 31.9 Å². The van der Waals surface area contributed by atoms with Crippen molar-refractivity contribution in [1.29, 1.82) is 0 Å². The van der Waals surface area contributed by atoms with Crippen molar-refractivity contribution in [2.24, 2.45) is 11.3 Å². The van der Waals surface area contributed by atoms with E-state index in [2.05, 4.69) is 0 Å². The summed E-state index contributed by atoms with van der Waals surface area (Å²) in [6.45, 7) is 6.04. The molecule has 0 amide bonds. The van der Waals surface area contributed by atoms with Crippen molar-refractivity contribution in [1.82, 2.24) is 0 Å². The molecule has 0 heterocycles. The average molecular weight is 370 g/mol. The molecule has 0 radical (unpaired) electrons. The standard InChI is InChI=1S/C18H26O6S/c1-13-5-7-16(8-6-13)25(20,21)24-12-18(2,3)11-23-15-9-14(10-15)17(19)22-4/h5-8,14-15H,9-12H2,1-4H3. The quantitative estimate of drug-likeness (QED) is 0.517. The Morgan fingerprint density at radius 3 is 2.32 bits per heavy atom. The van der Waals surface area contributed by atoms with Gasteiger partial charge in [-0.15, -0.1) is 0 Å². The predicted molar refractivity (Wildman–Crippen MR) is 92.6 cm³/mol. The number of methoxy groups -OCH3 is 1. The van der Waals surface area contributed by atoms with E-state index in [1.807, 2.05) is 20.8 Å². The van der Waals surface area contributed by atoms with Gasteiger partial charge >= 0.3 is 5.97 Å². The normalized spacial score (nSPS) is 20.8. The topological polar surface area (TPSA) is 78.9 Å². The van der Waals surface area contributed by atoms with Gasteiger partial charge in [0.05, 0.1) is 37.2 Å². The zero-order chi connectivity index (χ0) is 18.7. The van der Waals surface area contributed by atoms with E-state index in [-0.39, 0.29) is 29.5 Å². The van der Waals surface area contributed by atoms with Crippen LogP contribution in [0.2, 0.25) is 0 Å². The van der Waals surface area contributed by atoms with Crippen LogP contribution in [0.15, 0.2) is 29.2 Å². The molecule has 0 atom stereocenters. The first kappa shape index (κ1) is 19.9. The van der Waals surface area contributed by atoms with Gasteiger partial charge in [0.1, 0.15) is 0 Å². The first-order chi connectivity index (χ1) is 11.6. The van der Waals surface area contributed by atoms with Gasteiger partial charge in [-0.1, -0.05) is 31.5 Å². The van der Waals surface area contributed by atoms with Gasteiger partial charge in [-0.2, -0.15) is 8.42 Å². The fraction of sp³-hybridized carbons (Fsp3) is 0.611. The third-order valence-electron chi connectivity index (χ3n) is 4.25. The lowest BCUT2D eigenvalue weighted by Gasteiger charge is -2.35. The molecule has 1 aliphatic carbocycles. The number of benzene rings is 1. The number of rotatable bonds is 8. The lowest BCUT2D eigenvalue weighted by molar-refractivity contribution is -0.156. The Balaban J connectivity index is 1.79. The number of carbonyl (C=O) groups is 1. The van der Waals surface area contributed by atoms with Crippen molar-refractivity contribution in [3.8, 4) is 0 Å². The van der Waals surface area contributed by atoms with E-state index >= 15 is 0 Å². The molecular weight excluding hydrogens is 344 g/mol. The summed E-state index contributed by atoms with van der Waals surface area (Å²) in [5.41, 5.74) is 0.520. The number of ether oxygens (including phenoxy) is 2. The molecule has 0 spiro atoms. The second-order valence-corrected chi connectivity index (χ2v) is 8.93. The second kappa shape index (κ2) is 7.85. The van der Waals surface area contributed by atoms with E-state index in [0.717, 1.165) is 5.56 Å². The van der Waals surface area contributed by atoms with E-state index in [4.69, 9.17) is 13.7 Å². The summed E-state index contributed by atoms with van der Waals surface area (Å²) in [5.74, 6) is -0.289. The summed E-state index contributed by atoms with van der Waals surface area (Å²) < 4.78 is 40.1. The molecule has 1 fully saturated rings. The van der Waals surface area contributed by atoms with Crippen molar-refractivity contribution >= 4 is 16.1 Å². The first-order valence-corrected chi connectivity index (χ1v) is 9.69. The Morgan fingerprint density at radius 2 is 1.76 bits per heavy atom. The summed E-state index contributed by atoms with van der Waals surface area (Å²) in [6, 6.07) is 6.54. The fourth-order valence-corrected chi connectivity index (χ4v) is 3.54. The molecule has 7 heteroatoms. The van der Waals surface area contributed by atoms with Gasteiger partial charge < -0.3 is 9.47 Å². The highest BCUT2D eigenvalue weighted by molar-refractivity contribution is 7.86. The van der Waals surface area contributed by atoms with Crippen LogP contribution in [0.25, 0.3) is 0 Å². The molecular formula is C18H26O6S. The molecule has 0 aliphatic heterocycles. The van der Waals surface area contributed by atoms with Crippen molar-refractivity contribution < 1.29 is 26.9 Å². The molecule has 0 N–H and O–H groups in total. The monoisotopic (exact) mass is 370 g/mol. The number of esters is 1. The molecule has 25 heavy (non-hydrogen) atoms. The van der Waals surface area contributed by atoms with Crippen LogP contribution < -0.4 is 0 Å². The predicted octanol–water partition coefficient (Wildman–Crippen LogP) is 2.69. The molecule has 0 bridgehead atoms. The second-order valence-electron chi connectivity index (χ2n) is 7.32. The molecule has 1 aromatic carbocycles. The number of hydrogen-bond acceptors (Lipinski definition) is 6. The molecule has 2 rings (SSSR count). The number of carbonyl (C=O) groups excluding carboxylic acids is 1. The van der Waals surface area contributed by atoms with Gasteiger partial charge in [0.15, 0.2) is 0 Å². The maximum Gasteiger partial charge on any atom is 0.308 e. The zero-order valence-electron chi connectivity index (χ0n) is 15.2. The molecule has 1 saturated carbocycles. The highest BCUT2D eigenvalue weighted by Crippen LogP contribution is 2.32. The van der Waals surface area contributed by atoms with Gasteiger partial charge in [0.2, 0.25) is 0 Å². The van der Waals surface area contributed by atoms with Gasteiger partial charge in [-0.25, -0.2) is 0 Å². The Morgan fingerprint density at radius 1 is 1.16 bits per heavy atom. The van der Waals surface area contributed by atoms with Crippen molar-refractivity contribution in [2.45, 2.75) is 44.6 Å². The van der Waals surface area contributed by atoms with E-state index in [1.54, 1.807) is 12.1 Å². The summed E-state index contributed by atoms with van der Waals surface area (Å²) >= 11 is 0. The number of aryl methyl sites for hydroxylation is 1. The van der Waals surface area contributed by atoms with Crippen LogP contribution >= 0.6 is 0 Å². The fourth-order valence-electron chi connectivity index (χ4n) is 2.46. The maximum absolute atomic E-state index is 12.2. The van der Waals surface area contributed by atoms with Gasteiger partial charge in [0.25, 0.3) is 10.1 Å². The summed E-state index contributed by atoms with van der Waals surface area (Å²) in [7, 11) is -2.40. The summed E-state index contributed by atoms with van der Waals surface area (Å²) in [4.78, 5) is 11.5. The Labute approximate surface area is 149 Å². The van der Waals surface area contributed by atoms with Gasteiger partial charge in [0, 0.05) is 5.41 Å². The van der Waals surface area contributed by atoms with Crippen LogP contribution in [0, 0.1) is 18.3 Å². The minimum atomic E-state index is -3.78. The van der Waals surface area contributed by atoms with Crippen LogP contribution in [0.3, 0.4) is 0 Å². The van der Waals surface area contributed by atoms with Crippen LogP contribution in [0.4, 0.5) is 0 Å². The van der Waals surface area contributed by atoms with E-state index in [0.29, 0.717) is 19.4 Å². The highest BCUT2D eigenvalue weighted by Gasteiger charge is 2.37. The van der Waals surface area contributed by atoms with Crippen molar-refractivity contribution in [2.75, 3.05) is 20.3 Å². The highest BCUT2D eigenvalue weighted by atomic mass is 32.2. The summed E-state index contributed by atoms with van der Waals surface area (Å²) in [6.07, 6.45) is 1.30. The molecule has 1 aliphatic rings. The molecule has 0 aromatic heterocycles. The SMILES string of the molecule is COC(=O)C1CC(OCC(C)(C)COS(=O)(=O)c2ccc(C)cc2)C1. The Bertz CT molecular complexity index is 687. The number of hydrogen-bond donors (Lipinski definition) is 0. The molecule has 0 saturated heterocycles. The minimum absolute atomic E-state index is 0.0112. The maximum atomic E-state index is 12.2. The zero-order valence-corrected chi connectivity index (χ0v) is 16.0. The Hall–Kier alpha value is -1.44. The molecule has 0 unspecified atom stereocenters. The van der Waals surface area contributed by atoms with E-state index in [9.17, 15) is 13.2 Å². The lowest BCUT2D eigenvalue weighted by Crippen LogP contribution is -2.39. The molecule has 140 valence electrons. The van der Waals surface area contributed by atoms with Crippen molar-refractivity contribution in [3.05, 3.63) is 29.8 Å². The lowest BCUT2D eigenvalue weighted by atomic mass is 9.82. The largest absolute Gasteiger partial charge is 0.469 e. The third kappa shape index (κ3) is 5.52. The van der Waals surface area contributed by atoms with Crippen LogP contribution in [-0.2, 0) is 28.6 Å². The van der Waals surface area contributed by atoms with Crippen LogP contribution in [0.5, 0.6) is 0 Å². The van der Waals surface area contributed by atoms with Gasteiger partial charge in [-0.3, -0.25) is 8.98 Å². The smallest absolute Gasteiger partial charge is 0.308 e. The minimum Gasteiger partial charge on any atom is -0.469 e. The first-order valence-electron chi connectivity index (χ1n) is 8.28. The summed E-state index contributed by atoms with van der Waals surface area (Å²) in [5, 5.41) is 0. The van der Waals surface area contributed by atoms with E-state index in [1.165, 1.54) is 19.2 Å².